The zero-order valence-electron chi connectivity index (χ0n) is 61.2. The Morgan fingerprint density at radius 1 is 0.474 bits per heavy atom. The largest absolute Gasteiger partial charge is 0.457 e. The number of nitrogens with one attached hydrogen (secondary N) is 6. The van der Waals surface area contributed by atoms with Crippen molar-refractivity contribution < 1.29 is 101 Å². The Morgan fingerprint density at radius 2 is 0.719 bits per heavy atom. The maximum atomic E-state index is 13.2. The number of imidazole rings is 3. The predicted octanol–water partition coefficient (Wildman–Crippen LogP) is 2.54. The van der Waals surface area contributed by atoms with Crippen molar-refractivity contribution in [3.8, 4) is 0 Å². The number of aliphatic hydroxyl groups excluding tert-OH is 3. The van der Waals surface area contributed by atoms with Gasteiger partial charge in [0.2, 0.25) is 17.8 Å². The molecule has 6 aliphatic rings. The maximum Gasteiger partial charge on any atom is 0.327 e. The van der Waals surface area contributed by atoms with E-state index >= 15 is 0 Å². The lowest BCUT2D eigenvalue weighted by Gasteiger charge is -2.27. The highest BCUT2D eigenvalue weighted by Crippen LogP contribution is 2.63. The Bertz CT molecular complexity index is 4860. The highest BCUT2D eigenvalue weighted by Gasteiger charge is 2.58. The molecule has 0 radical (unpaired) electrons. The molecule has 15 rings (SSSR count). The lowest BCUT2D eigenvalue weighted by atomic mass is 9.96. The Balaban J connectivity index is 0.000000149. The average Bonchev–Trinajstić information content (AvgIpc) is 1.60. The molecule has 0 aliphatic carbocycles. The van der Waals surface area contributed by atoms with E-state index in [1.54, 1.807) is 20.8 Å². The Hall–Kier alpha value is -8.34. The number of benzene rings is 3. The van der Waals surface area contributed by atoms with E-state index in [9.17, 15) is 73.1 Å². The minimum Gasteiger partial charge on any atom is -0.457 e. The van der Waals surface area contributed by atoms with Crippen molar-refractivity contribution in [1.82, 2.24) is 73.8 Å². The summed E-state index contributed by atoms with van der Waals surface area (Å²) < 4.78 is 94.4. The van der Waals surface area contributed by atoms with Crippen molar-refractivity contribution >= 4 is 124 Å². The molecule has 48 heteroatoms. The molecule has 0 amide bonds. The quantitative estimate of drug-likeness (QED) is 0.0279. The molecule has 12 heterocycles. The Labute approximate surface area is 656 Å². The molecule has 6 fully saturated rings. The number of esters is 3. The number of hydrogen-bond acceptors (Lipinski definition) is 36. The van der Waals surface area contributed by atoms with Crippen molar-refractivity contribution in [2.45, 2.75) is 150 Å². The normalized spacial score (nSPS) is 32.0. The number of aliphatic hydroxyl groups is 6. The zero-order valence-corrected chi connectivity index (χ0v) is 66.3. The van der Waals surface area contributed by atoms with Crippen LogP contribution < -0.4 is 49.1 Å². The fraction of sp³-hybridized carbons (Fsp3) is 0.455. The van der Waals surface area contributed by atoms with Gasteiger partial charge < -0.3 is 89.8 Å². The molecule has 42 nitrogen and oxygen atoms in total. The zero-order chi connectivity index (χ0) is 81.7. The molecule has 6 aromatic heterocycles. The van der Waals surface area contributed by atoms with E-state index in [4.69, 9.17) is 59.2 Å². The van der Waals surface area contributed by atoms with Crippen LogP contribution in [0.3, 0.4) is 0 Å². The van der Waals surface area contributed by atoms with Crippen LogP contribution in [0, 0.1) is 0 Å². The lowest BCUT2D eigenvalue weighted by molar-refractivity contribution is -0.150. The molecule has 18 N–H and O–H groups in total. The molecule has 9 aromatic rings. The van der Waals surface area contributed by atoms with Crippen molar-refractivity contribution in [2.75, 3.05) is 54.3 Å². The smallest absolute Gasteiger partial charge is 0.327 e. The lowest BCUT2D eigenvalue weighted by Crippen LogP contribution is -2.44. The molecule has 4 unspecified atom stereocenters. The van der Waals surface area contributed by atoms with Gasteiger partial charge >= 0.3 is 38.1 Å². The summed E-state index contributed by atoms with van der Waals surface area (Å²) in [6.07, 6.45) is -9.09. The first-order valence-electron chi connectivity index (χ1n) is 35.1. The fourth-order valence-corrected chi connectivity index (χ4v) is 24.7. The van der Waals surface area contributed by atoms with Crippen molar-refractivity contribution in [3.05, 3.63) is 158 Å². The van der Waals surface area contributed by atoms with Gasteiger partial charge in [-0.25, -0.2) is 30.2 Å². The van der Waals surface area contributed by atoms with Crippen LogP contribution in [0.25, 0.3) is 33.5 Å². The van der Waals surface area contributed by atoms with Gasteiger partial charge in [-0.05, 0) is 58.2 Å². The number of carbonyl (C=O) groups is 3. The van der Waals surface area contributed by atoms with Gasteiger partial charge in [-0.1, -0.05) is 125 Å². The minimum absolute atomic E-state index is 0.0247. The van der Waals surface area contributed by atoms with Gasteiger partial charge in [0.25, 0.3) is 16.7 Å². The van der Waals surface area contributed by atoms with Gasteiger partial charge in [-0.15, -0.1) is 0 Å². The second kappa shape index (κ2) is 33.3. The molecule has 6 saturated heterocycles. The van der Waals surface area contributed by atoms with Crippen LogP contribution in [0.4, 0.5) is 17.8 Å². The molecule has 0 spiro atoms. The first kappa shape index (κ1) is 83.6. The molecular weight excluding hydrogens is 1620 g/mol. The van der Waals surface area contributed by atoms with Crippen molar-refractivity contribution in [1.29, 1.82) is 0 Å². The number of fused-ring (bicyclic) bond motifs is 3. The standard InChI is InChI=1S/3C22H27N6O8PS/c3*1-11(12-6-4-3-5-7-12)35-19(31)13-9-38-37(33,27-13)34-8-14-16(29)22(2,32)20(36-14)28-10-24-15-17(28)25-21(23)26-18(15)30/h3*3-7,10-11,13-14,16,20,29,32H,8-9H2,1-2H3,(H,27,33)(H3,23,25,26,30)/t11-,13+,14?,16+,20+,22+,37?;11-,13+,14?,16+,20+,22+,37+;11-,13+,14?,16+,20+,22+,37-/m000/s1. The van der Waals surface area contributed by atoms with Crippen LogP contribution in [0.2, 0.25) is 0 Å². The van der Waals surface area contributed by atoms with E-state index in [1.807, 2.05) is 91.0 Å². The third-order valence-corrected chi connectivity index (χ3v) is 31.4. The summed E-state index contributed by atoms with van der Waals surface area (Å²) in [4.78, 5) is 105. The molecule has 0 saturated carbocycles. The number of nitrogen functional groups attached to an aromatic ring is 3. The van der Waals surface area contributed by atoms with E-state index in [2.05, 4.69) is 60.1 Å². The summed E-state index contributed by atoms with van der Waals surface area (Å²) in [5.41, 5.74) is 12.2. The first-order chi connectivity index (χ1) is 53.9. The monoisotopic (exact) mass is 1700 g/mol. The van der Waals surface area contributed by atoms with E-state index in [-0.39, 0.29) is 88.4 Å². The number of nitrogens with two attached hydrogens (primary N) is 3. The molecule has 6 aliphatic heterocycles. The summed E-state index contributed by atoms with van der Waals surface area (Å²) in [5.74, 6) is -1.68. The second-order valence-corrected chi connectivity index (χ2v) is 40.7. The van der Waals surface area contributed by atoms with Crippen LogP contribution in [-0.4, -0.2) is 216 Å². The van der Waals surface area contributed by atoms with Crippen LogP contribution in [0.5, 0.6) is 0 Å². The number of nitrogens with zero attached hydrogens (tertiary/aromatic N) is 9. The van der Waals surface area contributed by atoms with Crippen LogP contribution in [0.15, 0.2) is 124 Å². The van der Waals surface area contributed by atoms with Crippen molar-refractivity contribution in [3.63, 3.8) is 0 Å². The summed E-state index contributed by atoms with van der Waals surface area (Å²) >= 11 is 2.81. The Morgan fingerprint density at radius 3 is 0.965 bits per heavy atom. The van der Waals surface area contributed by atoms with E-state index in [1.165, 1.54) is 53.5 Å². The number of carbonyl (C=O) groups excluding carboxylic acids is 3. The summed E-state index contributed by atoms with van der Waals surface area (Å²) in [5, 5.41) is 73.6. The third-order valence-electron chi connectivity index (χ3n) is 19.3. The molecule has 3 aromatic carbocycles. The van der Waals surface area contributed by atoms with Crippen LogP contribution >= 0.6 is 54.3 Å². The highest BCUT2D eigenvalue weighted by molar-refractivity contribution is 8.57. The number of aromatic nitrogens is 12. The van der Waals surface area contributed by atoms with Gasteiger partial charge in [0.05, 0.1) is 38.8 Å². The third kappa shape index (κ3) is 17.5. The maximum absolute atomic E-state index is 13.2. The predicted molar refractivity (Wildman–Crippen MR) is 411 cm³/mol. The first-order valence-corrected chi connectivity index (χ1v) is 44.7. The molecule has 21 atom stereocenters. The molecular formula is C66H81N18O24P3S3. The van der Waals surface area contributed by atoms with E-state index < -0.39 is 163 Å². The number of hydrogen-bond donors (Lipinski definition) is 15. The summed E-state index contributed by atoms with van der Waals surface area (Å²) in [6.45, 7) is -2.48. The van der Waals surface area contributed by atoms with E-state index in [0.717, 1.165) is 50.8 Å². The van der Waals surface area contributed by atoms with Gasteiger partial charge in [0.15, 0.2) is 52.2 Å². The fourth-order valence-electron chi connectivity index (χ4n) is 13.0. The van der Waals surface area contributed by atoms with Crippen molar-refractivity contribution in [2.24, 2.45) is 0 Å². The topological polar surface area (TPSA) is 612 Å². The van der Waals surface area contributed by atoms with Gasteiger partial charge in [0, 0.05) is 17.3 Å². The molecule has 114 heavy (non-hydrogen) atoms. The van der Waals surface area contributed by atoms with Gasteiger partial charge in [-0.3, -0.25) is 71.1 Å². The van der Waals surface area contributed by atoms with Gasteiger partial charge in [0.1, 0.15) is 89.9 Å². The SMILES string of the molecule is C[C@H](OC(=O)[C@H]1CSP(=O)(OCC2O[C@@H](n3cnc4c(=O)[nH]c(N)nc43)[C@](C)(O)[C@@H]2O)N1)c1ccccc1.C[C@H](OC(=O)[C@H]1CS[P@@](=O)(OCC2O[C@@H](n3cnc4c(=O)[nH]c(N)nc43)[C@](C)(O)[C@@H]2O)N1)c1ccccc1.C[C@H](OC(=O)[C@H]1CS[P@](=O)(OCC2O[C@@H](n3cnc4c(=O)[nH]c(N)nc43)[C@](C)(O)[C@@H]2O)N1)c1ccccc1. The number of ether oxygens (including phenoxy) is 6. The number of aromatic amines is 3. The summed E-state index contributed by atoms with van der Waals surface area (Å²) in [6, 6.07) is 25.1. The second-order valence-electron chi connectivity index (χ2n) is 27.7. The minimum atomic E-state index is -3.55. The average molecular weight is 1700 g/mol. The van der Waals surface area contributed by atoms with E-state index in [0.29, 0.717) is 0 Å². The number of rotatable bonds is 21. The Kier molecular flexibility index (Phi) is 24.5. The molecule has 612 valence electrons. The van der Waals surface area contributed by atoms with Crippen LogP contribution in [-0.2, 0) is 70.1 Å². The van der Waals surface area contributed by atoms with Gasteiger partial charge in [-0.2, -0.15) is 15.0 Å². The highest BCUT2D eigenvalue weighted by atomic mass is 32.7. The molecule has 0 bridgehead atoms. The summed E-state index contributed by atoms with van der Waals surface area (Å²) in [7, 11) is 0. The van der Waals surface area contributed by atoms with Crippen LogP contribution in [0.1, 0.15) is 95.2 Å². The number of H-pyrrole nitrogens is 3. The number of anilines is 3.